The van der Waals surface area contributed by atoms with E-state index in [0.717, 1.165) is 31.9 Å². The van der Waals surface area contributed by atoms with Gasteiger partial charge in [-0.05, 0) is 25.5 Å². The van der Waals surface area contributed by atoms with Gasteiger partial charge in [-0.2, -0.15) is 0 Å². The molecular formula is C11H16N2O. The summed E-state index contributed by atoms with van der Waals surface area (Å²) in [6, 6.07) is 5.98. The minimum absolute atomic E-state index is 0.136. The van der Waals surface area contributed by atoms with Gasteiger partial charge in [0.05, 0.1) is 12.3 Å². The van der Waals surface area contributed by atoms with Crippen molar-refractivity contribution >= 4 is 0 Å². The Hall–Kier alpha value is -0.930. The maximum atomic E-state index is 5.37. The van der Waals surface area contributed by atoms with Crippen molar-refractivity contribution in [2.75, 3.05) is 13.2 Å². The highest BCUT2D eigenvalue weighted by molar-refractivity contribution is 5.04. The average Bonchev–Trinajstić information content (AvgIpc) is 2.65. The van der Waals surface area contributed by atoms with Crippen LogP contribution in [0.3, 0.4) is 0 Å². The van der Waals surface area contributed by atoms with Gasteiger partial charge in [-0.3, -0.25) is 4.98 Å². The number of pyridine rings is 1. The zero-order valence-electron chi connectivity index (χ0n) is 8.49. The lowest BCUT2D eigenvalue weighted by Crippen LogP contribution is -2.42. The number of nitrogens with zero attached hydrogens (tertiary/aromatic N) is 1. The molecule has 0 bridgehead atoms. The minimum atomic E-state index is 0.136. The second-order valence-electron chi connectivity index (χ2n) is 4.04. The third kappa shape index (κ3) is 2.30. The molecule has 0 aromatic carbocycles. The molecule has 1 unspecified atom stereocenters. The summed E-state index contributed by atoms with van der Waals surface area (Å²) in [7, 11) is 0. The SMILES string of the molecule is CC1(NCc2ccccn2)CCOC1. The highest BCUT2D eigenvalue weighted by Crippen LogP contribution is 2.17. The second-order valence-corrected chi connectivity index (χ2v) is 4.04. The first kappa shape index (κ1) is 9.62. The third-order valence-electron chi connectivity index (χ3n) is 2.64. The van der Waals surface area contributed by atoms with Crippen molar-refractivity contribution in [2.24, 2.45) is 0 Å². The van der Waals surface area contributed by atoms with E-state index >= 15 is 0 Å². The molecule has 1 aliphatic heterocycles. The van der Waals surface area contributed by atoms with Crippen LogP contribution in [0.25, 0.3) is 0 Å². The van der Waals surface area contributed by atoms with E-state index in [1.165, 1.54) is 0 Å². The highest BCUT2D eigenvalue weighted by Gasteiger charge is 2.28. The summed E-state index contributed by atoms with van der Waals surface area (Å²) < 4.78 is 5.37. The molecule has 1 aromatic heterocycles. The Morgan fingerprint density at radius 1 is 1.57 bits per heavy atom. The Kier molecular flexibility index (Phi) is 2.79. The Morgan fingerprint density at radius 2 is 2.50 bits per heavy atom. The van der Waals surface area contributed by atoms with Crippen molar-refractivity contribution in [1.82, 2.24) is 10.3 Å². The van der Waals surface area contributed by atoms with E-state index in [1.54, 1.807) is 0 Å². The maximum Gasteiger partial charge on any atom is 0.0646 e. The van der Waals surface area contributed by atoms with Gasteiger partial charge < -0.3 is 10.1 Å². The molecule has 0 saturated carbocycles. The molecule has 3 nitrogen and oxygen atoms in total. The van der Waals surface area contributed by atoms with Crippen LogP contribution in [0.2, 0.25) is 0 Å². The highest BCUT2D eigenvalue weighted by atomic mass is 16.5. The topological polar surface area (TPSA) is 34.2 Å². The minimum Gasteiger partial charge on any atom is -0.379 e. The molecular weight excluding hydrogens is 176 g/mol. The van der Waals surface area contributed by atoms with E-state index in [-0.39, 0.29) is 5.54 Å². The summed E-state index contributed by atoms with van der Waals surface area (Å²) in [4.78, 5) is 4.27. The molecule has 2 heterocycles. The van der Waals surface area contributed by atoms with E-state index in [0.29, 0.717) is 0 Å². The third-order valence-corrected chi connectivity index (χ3v) is 2.64. The van der Waals surface area contributed by atoms with Gasteiger partial charge in [0.1, 0.15) is 0 Å². The van der Waals surface area contributed by atoms with Crippen LogP contribution in [0.1, 0.15) is 19.0 Å². The van der Waals surface area contributed by atoms with Crippen molar-refractivity contribution in [3.8, 4) is 0 Å². The van der Waals surface area contributed by atoms with Gasteiger partial charge in [0.25, 0.3) is 0 Å². The van der Waals surface area contributed by atoms with Gasteiger partial charge in [0.2, 0.25) is 0 Å². The Bertz CT molecular complexity index is 281. The summed E-state index contributed by atoms with van der Waals surface area (Å²) in [5.41, 5.74) is 1.22. The van der Waals surface area contributed by atoms with Gasteiger partial charge in [0, 0.05) is 24.9 Å². The van der Waals surface area contributed by atoms with E-state index in [2.05, 4.69) is 17.2 Å². The smallest absolute Gasteiger partial charge is 0.0646 e. The molecule has 0 amide bonds. The van der Waals surface area contributed by atoms with E-state index in [4.69, 9.17) is 4.74 Å². The molecule has 3 heteroatoms. The van der Waals surface area contributed by atoms with Gasteiger partial charge >= 0.3 is 0 Å². The number of aromatic nitrogens is 1. The van der Waals surface area contributed by atoms with Gasteiger partial charge in [0.15, 0.2) is 0 Å². The van der Waals surface area contributed by atoms with Crippen LogP contribution in [0.15, 0.2) is 24.4 Å². The first-order valence-corrected chi connectivity index (χ1v) is 5.01. The molecule has 1 atom stereocenters. The van der Waals surface area contributed by atoms with Crippen molar-refractivity contribution in [1.29, 1.82) is 0 Å². The van der Waals surface area contributed by atoms with Crippen LogP contribution < -0.4 is 5.32 Å². The predicted octanol–water partition coefficient (Wildman–Crippen LogP) is 1.35. The zero-order chi connectivity index (χ0) is 9.86. The number of ether oxygens (including phenoxy) is 1. The number of nitrogens with one attached hydrogen (secondary N) is 1. The average molecular weight is 192 g/mol. The number of hydrogen-bond donors (Lipinski definition) is 1. The number of rotatable bonds is 3. The molecule has 0 radical (unpaired) electrons. The summed E-state index contributed by atoms with van der Waals surface area (Å²) in [6.07, 6.45) is 2.91. The van der Waals surface area contributed by atoms with Crippen molar-refractivity contribution in [3.05, 3.63) is 30.1 Å². The normalized spacial score (nSPS) is 26.6. The Labute approximate surface area is 84.5 Å². The first-order chi connectivity index (χ1) is 6.79. The zero-order valence-corrected chi connectivity index (χ0v) is 8.49. The lowest BCUT2D eigenvalue weighted by atomic mass is 10.0. The quantitative estimate of drug-likeness (QED) is 0.785. The Morgan fingerprint density at radius 3 is 3.14 bits per heavy atom. The van der Waals surface area contributed by atoms with Crippen LogP contribution in [0.5, 0.6) is 0 Å². The monoisotopic (exact) mass is 192 g/mol. The molecule has 14 heavy (non-hydrogen) atoms. The maximum absolute atomic E-state index is 5.37. The molecule has 1 aromatic rings. The summed E-state index contributed by atoms with van der Waals surface area (Å²) >= 11 is 0. The van der Waals surface area contributed by atoms with Gasteiger partial charge in [-0.15, -0.1) is 0 Å². The number of hydrogen-bond acceptors (Lipinski definition) is 3. The van der Waals surface area contributed by atoms with Crippen LogP contribution in [-0.4, -0.2) is 23.7 Å². The first-order valence-electron chi connectivity index (χ1n) is 5.01. The lowest BCUT2D eigenvalue weighted by Gasteiger charge is -2.23. The summed E-state index contributed by atoms with van der Waals surface area (Å²) in [5, 5.41) is 3.49. The summed E-state index contributed by atoms with van der Waals surface area (Å²) in [5.74, 6) is 0. The van der Waals surface area contributed by atoms with Crippen LogP contribution in [0, 0.1) is 0 Å². The molecule has 0 aliphatic carbocycles. The van der Waals surface area contributed by atoms with E-state index < -0.39 is 0 Å². The van der Waals surface area contributed by atoms with Gasteiger partial charge in [-0.1, -0.05) is 6.07 Å². The lowest BCUT2D eigenvalue weighted by molar-refractivity contribution is 0.171. The molecule has 1 N–H and O–H groups in total. The van der Waals surface area contributed by atoms with Crippen molar-refractivity contribution in [2.45, 2.75) is 25.4 Å². The van der Waals surface area contributed by atoms with E-state index in [9.17, 15) is 0 Å². The van der Waals surface area contributed by atoms with Crippen LogP contribution >= 0.6 is 0 Å². The molecule has 1 fully saturated rings. The fourth-order valence-electron chi connectivity index (χ4n) is 1.61. The van der Waals surface area contributed by atoms with Crippen LogP contribution in [-0.2, 0) is 11.3 Å². The Balaban J connectivity index is 1.88. The largest absolute Gasteiger partial charge is 0.379 e. The van der Waals surface area contributed by atoms with Crippen molar-refractivity contribution in [3.63, 3.8) is 0 Å². The fourth-order valence-corrected chi connectivity index (χ4v) is 1.61. The fraction of sp³-hybridized carbons (Fsp3) is 0.545. The second kappa shape index (κ2) is 4.07. The standard InChI is InChI=1S/C11H16N2O/c1-11(5-7-14-9-11)13-8-10-4-2-3-6-12-10/h2-4,6,13H,5,7-9H2,1H3. The van der Waals surface area contributed by atoms with E-state index in [1.807, 2.05) is 24.4 Å². The molecule has 76 valence electrons. The van der Waals surface area contributed by atoms with Crippen LogP contribution in [0.4, 0.5) is 0 Å². The molecule has 1 aliphatic rings. The van der Waals surface area contributed by atoms with Crippen molar-refractivity contribution < 1.29 is 4.74 Å². The molecule has 1 saturated heterocycles. The molecule has 0 spiro atoms. The predicted molar refractivity (Wildman–Crippen MR) is 54.9 cm³/mol. The van der Waals surface area contributed by atoms with Gasteiger partial charge in [-0.25, -0.2) is 0 Å². The molecule has 2 rings (SSSR count). The summed E-state index contributed by atoms with van der Waals surface area (Å²) in [6.45, 7) is 4.69.